The quantitative estimate of drug-likeness (QED) is 0.882. The van der Waals surface area contributed by atoms with Crippen LogP contribution in [0.3, 0.4) is 0 Å². The number of hydrogen-bond acceptors (Lipinski definition) is 1. The van der Waals surface area contributed by atoms with Gasteiger partial charge in [0.25, 0.3) is 0 Å². The molecule has 0 spiro atoms. The first-order chi connectivity index (χ1) is 8.18. The number of rotatable bonds is 3. The number of para-hydroxylation sites is 1. The van der Waals surface area contributed by atoms with Crippen LogP contribution in [0.5, 0.6) is 0 Å². The van der Waals surface area contributed by atoms with Crippen LogP contribution >= 0.6 is 15.9 Å². The molecule has 1 aliphatic rings. The summed E-state index contributed by atoms with van der Waals surface area (Å²) in [6, 6.07) is 7.77. The molecule has 1 aliphatic carbocycles. The molecule has 0 saturated heterocycles. The van der Waals surface area contributed by atoms with Crippen molar-refractivity contribution >= 4 is 27.5 Å². The van der Waals surface area contributed by atoms with Gasteiger partial charge in [-0.05, 0) is 47.3 Å². The molecule has 0 unspecified atom stereocenters. The SMILES string of the molecule is CCC1(C(=O)Nc2ccccc2Br)CCCC1. The van der Waals surface area contributed by atoms with E-state index in [0.717, 1.165) is 29.4 Å². The number of hydrogen-bond donors (Lipinski definition) is 1. The normalized spacial score (nSPS) is 18.0. The molecule has 1 aromatic rings. The summed E-state index contributed by atoms with van der Waals surface area (Å²) < 4.78 is 0.942. The van der Waals surface area contributed by atoms with Crippen molar-refractivity contribution in [2.45, 2.75) is 39.0 Å². The topological polar surface area (TPSA) is 29.1 Å². The van der Waals surface area contributed by atoms with E-state index in [4.69, 9.17) is 0 Å². The van der Waals surface area contributed by atoms with Gasteiger partial charge in [-0.1, -0.05) is 31.9 Å². The first-order valence-electron chi connectivity index (χ1n) is 6.24. The van der Waals surface area contributed by atoms with E-state index in [2.05, 4.69) is 28.2 Å². The van der Waals surface area contributed by atoms with Gasteiger partial charge in [0.2, 0.25) is 5.91 Å². The van der Waals surface area contributed by atoms with Crippen molar-refractivity contribution in [3.8, 4) is 0 Å². The Hall–Kier alpha value is -0.830. The first kappa shape index (κ1) is 12.6. The predicted octanol–water partition coefficient (Wildman–Crippen LogP) is 4.36. The maximum absolute atomic E-state index is 12.4. The summed E-state index contributed by atoms with van der Waals surface area (Å²) in [4.78, 5) is 12.4. The molecule has 3 heteroatoms. The zero-order valence-corrected chi connectivity index (χ0v) is 11.7. The maximum atomic E-state index is 12.4. The number of anilines is 1. The van der Waals surface area contributed by atoms with Crippen LogP contribution in [0.1, 0.15) is 39.0 Å². The lowest BCUT2D eigenvalue weighted by atomic mass is 9.82. The Morgan fingerprint density at radius 2 is 2.00 bits per heavy atom. The first-order valence-corrected chi connectivity index (χ1v) is 7.03. The average molecular weight is 296 g/mol. The van der Waals surface area contributed by atoms with E-state index in [-0.39, 0.29) is 11.3 Å². The Morgan fingerprint density at radius 1 is 1.35 bits per heavy atom. The van der Waals surface area contributed by atoms with E-state index in [1.54, 1.807) is 0 Å². The van der Waals surface area contributed by atoms with Crippen LogP contribution in [0.15, 0.2) is 28.7 Å². The number of amides is 1. The molecular weight excluding hydrogens is 278 g/mol. The molecule has 0 aliphatic heterocycles. The number of nitrogens with one attached hydrogen (secondary N) is 1. The molecule has 0 radical (unpaired) electrons. The van der Waals surface area contributed by atoms with Gasteiger partial charge in [0.05, 0.1) is 5.69 Å². The van der Waals surface area contributed by atoms with Crippen molar-refractivity contribution < 1.29 is 4.79 Å². The van der Waals surface area contributed by atoms with Gasteiger partial charge in [-0.2, -0.15) is 0 Å². The monoisotopic (exact) mass is 295 g/mol. The van der Waals surface area contributed by atoms with Gasteiger partial charge in [-0.15, -0.1) is 0 Å². The molecule has 92 valence electrons. The Kier molecular flexibility index (Phi) is 3.87. The fourth-order valence-corrected chi connectivity index (χ4v) is 2.99. The zero-order valence-electron chi connectivity index (χ0n) is 10.1. The summed E-state index contributed by atoms with van der Waals surface area (Å²) in [6.07, 6.45) is 5.34. The molecular formula is C14H18BrNO. The van der Waals surface area contributed by atoms with Crippen molar-refractivity contribution in [2.24, 2.45) is 5.41 Å². The molecule has 0 heterocycles. The van der Waals surface area contributed by atoms with Crippen molar-refractivity contribution in [1.29, 1.82) is 0 Å². The van der Waals surface area contributed by atoms with Crippen LogP contribution in [0, 0.1) is 5.41 Å². The minimum atomic E-state index is -0.130. The third kappa shape index (κ3) is 2.54. The molecule has 1 saturated carbocycles. The number of halogens is 1. The minimum Gasteiger partial charge on any atom is -0.325 e. The predicted molar refractivity (Wildman–Crippen MR) is 74.0 cm³/mol. The molecule has 17 heavy (non-hydrogen) atoms. The fraction of sp³-hybridized carbons (Fsp3) is 0.500. The molecule has 0 atom stereocenters. The lowest BCUT2D eigenvalue weighted by molar-refractivity contribution is -0.125. The lowest BCUT2D eigenvalue weighted by Crippen LogP contribution is -2.33. The highest BCUT2D eigenvalue weighted by Gasteiger charge is 2.39. The Morgan fingerprint density at radius 3 is 2.59 bits per heavy atom. The summed E-state index contributed by atoms with van der Waals surface area (Å²) in [7, 11) is 0. The van der Waals surface area contributed by atoms with Gasteiger partial charge >= 0.3 is 0 Å². The van der Waals surface area contributed by atoms with Crippen molar-refractivity contribution in [3.05, 3.63) is 28.7 Å². The standard InChI is InChI=1S/C14H18BrNO/c1-2-14(9-5-6-10-14)13(17)16-12-8-4-3-7-11(12)15/h3-4,7-8H,2,5-6,9-10H2,1H3,(H,16,17). The second kappa shape index (κ2) is 5.21. The molecule has 1 fully saturated rings. The third-order valence-electron chi connectivity index (χ3n) is 3.84. The largest absolute Gasteiger partial charge is 0.325 e. The highest BCUT2D eigenvalue weighted by molar-refractivity contribution is 9.10. The second-order valence-corrected chi connectivity index (χ2v) is 5.63. The molecule has 0 aromatic heterocycles. The molecule has 1 aromatic carbocycles. The Balaban J connectivity index is 2.14. The molecule has 2 rings (SSSR count). The second-order valence-electron chi connectivity index (χ2n) is 4.77. The lowest BCUT2D eigenvalue weighted by Gasteiger charge is -2.26. The van der Waals surface area contributed by atoms with E-state index in [1.165, 1.54) is 12.8 Å². The van der Waals surface area contributed by atoms with Crippen molar-refractivity contribution in [3.63, 3.8) is 0 Å². The molecule has 1 N–H and O–H groups in total. The number of benzene rings is 1. The van der Waals surface area contributed by atoms with Crippen molar-refractivity contribution in [2.75, 3.05) is 5.32 Å². The smallest absolute Gasteiger partial charge is 0.230 e. The summed E-state index contributed by atoms with van der Waals surface area (Å²) in [5.41, 5.74) is 0.743. The third-order valence-corrected chi connectivity index (χ3v) is 4.53. The molecule has 0 bridgehead atoms. The van der Waals surface area contributed by atoms with Gasteiger partial charge in [0, 0.05) is 9.89 Å². The molecule has 2 nitrogen and oxygen atoms in total. The summed E-state index contributed by atoms with van der Waals surface area (Å²) in [5.74, 6) is 0.185. The van der Waals surface area contributed by atoms with E-state index >= 15 is 0 Å². The van der Waals surface area contributed by atoms with Gasteiger partial charge in [-0.25, -0.2) is 0 Å². The van der Waals surface area contributed by atoms with E-state index in [9.17, 15) is 4.79 Å². The highest BCUT2D eigenvalue weighted by Crippen LogP contribution is 2.42. The minimum absolute atomic E-state index is 0.130. The van der Waals surface area contributed by atoms with Gasteiger partial charge in [-0.3, -0.25) is 4.79 Å². The Bertz CT molecular complexity index is 410. The fourth-order valence-electron chi connectivity index (χ4n) is 2.61. The average Bonchev–Trinajstić information content (AvgIpc) is 2.82. The summed E-state index contributed by atoms with van der Waals surface area (Å²) in [5, 5.41) is 3.06. The van der Waals surface area contributed by atoms with Gasteiger partial charge in [0.15, 0.2) is 0 Å². The summed E-state index contributed by atoms with van der Waals surface area (Å²) >= 11 is 3.46. The van der Waals surface area contributed by atoms with E-state index in [1.807, 2.05) is 24.3 Å². The number of carbonyl (C=O) groups is 1. The van der Waals surface area contributed by atoms with Crippen LogP contribution < -0.4 is 5.32 Å². The van der Waals surface area contributed by atoms with Crippen LogP contribution in [0.25, 0.3) is 0 Å². The molecule has 1 amide bonds. The van der Waals surface area contributed by atoms with E-state index in [0.29, 0.717) is 0 Å². The Labute approximate surface area is 111 Å². The number of carbonyl (C=O) groups excluding carboxylic acids is 1. The van der Waals surface area contributed by atoms with Gasteiger partial charge in [0.1, 0.15) is 0 Å². The van der Waals surface area contributed by atoms with Crippen LogP contribution in [-0.4, -0.2) is 5.91 Å². The van der Waals surface area contributed by atoms with Crippen LogP contribution in [-0.2, 0) is 4.79 Å². The maximum Gasteiger partial charge on any atom is 0.230 e. The zero-order chi connectivity index (χ0) is 12.3. The highest BCUT2D eigenvalue weighted by atomic mass is 79.9. The van der Waals surface area contributed by atoms with Crippen LogP contribution in [0.4, 0.5) is 5.69 Å². The van der Waals surface area contributed by atoms with Crippen LogP contribution in [0.2, 0.25) is 0 Å². The van der Waals surface area contributed by atoms with Gasteiger partial charge < -0.3 is 5.32 Å². The van der Waals surface area contributed by atoms with Crippen molar-refractivity contribution in [1.82, 2.24) is 0 Å². The summed E-state index contributed by atoms with van der Waals surface area (Å²) in [6.45, 7) is 2.12. The van der Waals surface area contributed by atoms with E-state index < -0.39 is 0 Å².